The quantitative estimate of drug-likeness (QED) is 0.168. The first-order valence-corrected chi connectivity index (χ1v) is 14.0. The number of rotatable bonds is 7. The molecule has 0 amide bonds. The van der Waals surface area contributed by atoms with Crippen LogP contribution in [0, 0.1) is 13.8 Å². The van der Waals surface area contributed by atoms with E-state index in [0.717, 1.165) is 0 Å². The lowest BCUT2D eigenvalue weighted by Gasteiger charge is -2.17. The van der Waals surface area contributed by atoms with Gasteiger partial charge in [0.2, 0.25) is 0 Å². The molecule has 0 radical (unpaired) electrons. The van der Waals surface area contributed by atoms with Crippen molar-refractivity contribution < 1.29 is 9.53 Å². The lowest BCUT2D eigenvalue weighted by atomic mass is 9.85. The standard InChI is InChI=1S/C34H27ClN4O4/c1-21-29(32(40)38(36-21)26-14-5-3-6-15-26)31(30-22(2)37-39(33(30)41)27-16-7-4-8-17-27)23-11-10-18-28(20-23)43-34(42)24-12-9-13-25(35)19-24/h3-20,31,36-37H,1-2H3. The highest BCUT2D eigenvalue weighted by Gasteiger charge is 2.31. The molecule has 43 heavy (non-hydrogen) atoms. The maximum absolute atomic E-state index is 14.1. The molecule has 2 N–H and O–H groups in total. The van der Waals surface area contributed by atoms with Gasteiger partial charge < -0.3 is 4.74 Å². The number of carbonyl (C=O) groups is 1. The molecule has 8 nitrogen and oxygen atoms in total. The van der Waals surface area contributed by atoms with Gasteiger partial charge in [-0.1, -0.05) is 66.2 Å². The fourth-order valence-electron chi connectivity index (χ4n) is 5.33. The molecule has 0 spiro atoms. The highest BCUT2D eigenvalue weighted by molar-refractivity contribution is 6.30. The molecule has 0 bridgehead atoms. The van der Waals surface area contributed by atoms with E-state index in [1.165, 1.54) is 15.4 Å². The van der Waals surface area contributed by atoms with Crippen LogP contribution in [0.5, 0.6) is 5.75 Å². The van der Waals surface area contributed by atoms with Crippen molar-refractivity contribution in [2.75, 3.05) is 0 Å². The molecule has 0 aliphatic carbocycles. The summed E-state index contributed by atoms with van der Waals surface area (Å²) < 4.78 is 8.65. The number of hydrogen-bond donors (Lipinski definition) is 2. The third kappa shape index (κ3) is 5.36. The van der Waals surface area contributed by atoms with Crippen LogP contribution in [-0.2, 0) is 0 Å². The van der Waals surface area contributed by atoms with Crippen LogP contribution in [0.25, 0.3) is 11.4 Å². The van der Waals surface area contributed by atoms with Crippen LogP contribution in [-0.4, -0.2) is 25.5 Å². The number of halogens is 1. The van der Waals surface area contributed by atoms with Crippen molar-refractivity contribution in [3.05, 3.63) is 169 Å². The van der Waals surface area contributed by atoms with Gasteiger partial charge in [-0.25, -0.2) is 14.2 Å². The van der Waals surface area contributed by atoms with E-state index < -0.39 is 11.9 Å². The van der Waals surface area contributed by atoms with Gasteiger partial charge in [-0.2, -0.15) is 0 Å². The summed E-state index contributed by atoms with van der Waals surface area (Å²) in [6.07, 6.45) is 0. The lowest BCUT2D eigenvalue weighted by Crippen LogP contribution is -2.25. The first-order valence-electron chi connectivity index (χ1n) is 13.6. The summed E-state index contributed by atoms with van der Waals surface area (Å²) in [5.41, 5.74) is 3.67. The Bertz CT molecular complexity index is 1960. The van der Waals surface area contributed by atoms with Gasteiger partial charge in [-0.05, 0) is 74.0 Å². The first-order chi connectivity index (χ1) is 20.8. The van der Waals surface area contributed by atoms with Gasteiger partial charge in [-0.3, -0.25) is 19.8 Å². The number of aromatic nitrogens is 4. The number of benzene rings is 4. The highest BCUT2D eigenvalue weighted by Crippen LogP contribution is 2.34. The molecular formula is C34H27ClN4O4. The third-order valence-electron chi connectivity index (χ3n) is 7.30. The molecule has 4 aromatic carbocycles. The molecule has 2 heterocycles. The molecule has 0 atom stereocenters. The minimum absolute atomic E-state index is 0.264. The van der Waals surface area contributed by atoms with Gasteiger partial charge >= 0.3 is 5.97 Å². The minimum atomic E-state index is -0.785. The predicted octanol–water partition coefficient (Wildman–Crippen LogP) is 6.31. The van der Waals surface area contributed by atoms with Gasteiger partial charge in [0.15, 0.2) is 0 Å². The van der Waals surface area contributed by atoms with E-state index >= 15 is 0 Å². The number of esters is 1. The minimum Gasteiger partial charge on any atom is -0.423 e. The molecule has 214 valence electrons. The van der Waals surface area contributed by atoms with Crippen LogP contribution >= 0.6 is 11.6 Å². The van der Waals surface area contributed by atoms with Crippen molar-refractivity contribution in [2.24, 2.45) is 0 Å². The van der Waals surface area contributed by atoms with E-state index in [2.05, 4.69) is 10.2 Å². The Morgan fingerprint density at radius 1 is 0.698 bits per heavy atom. The summed E-state index contributed by atoms with van der Waals surface area (Å²) in [6.45, 7) is 3.62. The van der Waals surface area contributed by atoms with Crippen molar-refractivity contribution >= 4 is 17.6 Å². The molecule has 2 aromatic heterocycles. The highest BCUT2D eigenvalue weighted by atomic mass is 35.5. The number of aryl methyl sites for hydroxylation is 2. The monoisotopic (exact) mass is 590 g/mol. The molecule has 6 aromatic rings. The topological polar surface area (TPSA) is 102 Å². The van der Waals surface area contributed by atoms with E-state index in [1.807, 2.05) is 80.6 Å². The van der Waals surface area contributed by atoms with Gasteiger partial charge in [0, 0.05) is 22.3 Å². The second-order valence-corrected chi connectivity index (χ2v) is 10.6. The van der Waals surface area contributed by atoms with Crippen LogP contribution < -0.4 is 15.9 Å². The fraction of sp³-hybridized carbons (Fsp3) is 0.0882. The largest absolute Gasteiger partial charge is 0.423 e. The van der Waals surface area contributed by atoms with E-state index in [9.17, 15) is 14.4 Å². The molecule has 0 saturated heterocycles. The number of H-pyrrole nitrogens is 2. The second kappa shape index (κ2) is 11.5. The first kappa shape index (κ1) is 27.8. The molecule has 9 heteroatoms. The maximum atomic E-state index is 14.1. The number of carbonyl (C=O) groups excluding carboxylic acids is 1. The third-order valence-corrected chi connectivity index (χ3v) is 7.54. The molecule has 0 aliphatic rings. The Labute approximate surface area is 251 Å². The Morgan fingerprint density at radius 3 is 1.77 bits per heavy atom. The summed E-state index contributed by atoms with van der Waals surface area (Å²) >= 11 is 6.07. The van der Waals surface area contributed by atoms with Crippen molar-refractivity contribution in [3.63, 3.8) is 0 Å². The summed E-state index contributed by atoms with van der Waals surface area (Å²) in [4.78, 5) is 41.1. The molecule has 0 saturated carbocycles. The number of aromatic amines is 2. The van der Waals surface area contributed by atoms with E-state index in [0.29, 0.717) is 50.0 Å². The Hall–Kier alpha value is -5.34. The molecular weight excluding hydrogens is 564 g/mol. The zero-order valence-electron chi connectivity index (χ0n) is 23.4. The van der Waals surface area contributed by atoms with Crippen LogP contribution in [0.1, 0.15) is 44.4 Å². The smallest absolute Gasteiger partial charge is 0.343 e. The Balaban J connectivity index is 1.52. The van der Waals surface area contributed by atoms with Crippen LogP contribution in [0.15, 0.2) is 119 Å². The van der Waals surface area contributed by atoms with Crippen LogP contribution in [0.3, 0.4) is 0 Å². The Morgan fingerprint density at radius 2 is 1.23 bits per heavy atom. The normalized spacial score (nSPS) is 11.2. The average Bonchev–Trinajstić information content (AvgIpc) is 3.48. The Kier molecular flexibility index (Phi) is 7.44. The van der Waals surface area contributed by atoms with Crippen molar-refractivity contribution in [2.45, 2.75) is 19.8 Å². The zero-order valence-corrected chi connectivity index (χ0v) is 24.1. The van der Waals surface area contributed by atoms with Gasteiger partial charge in [0.1, 0.15) is 5.75 Å². The van der Waals surface area contributed by atoms with Crippen molar-refractivity contribution in [3.8, 4) is 17.1 Å². The number of para-hydroxylation sites is 2. The summed E-state index contributed by atoms with van der Waals surface area (Å²) in [6, 6.07) is 31.8. The predicted molar refractivity (Wildman–Crippen MR) is 166 cm³/mol. The number of nitrogens with zero attached hydrogens (tertiary/aromatic N) is 2. The molecule has 0 fully saturated rings. The van der Waals surface area contributed by atoms with E-state index in [1.54, 1.807) is 36.4 Å². The zero-order chi connectivity index (χ0) is 30.1. The molecule has 0 unspecified atom stereocenters. The lowest BCUT2D eigenvalue weighted by molar-refractivity contribution is 0.0734. The molecule has 0 aliphatic heterocycles. The number of nitrogens with one attached hydrogen (secondary N) is 2. The van der Waals surface area contributed by atoms with Crippen molar-refractivity contribution in [1.82, 2.24) is 19.6 Å². The number of ether oxygens (including phenoxy) is 1. The fourth-order valence-corrected chi connectivity index (χ4v) is 5.52. The average molecular weight is 591 g/mol. The SMILES string of the molecule is Cc1[nH]n(-c2ccccc2)c(=O)c1C(c1cccc(OC(=O)c2cccc(Cl)c2)c1)c1c(C)[nH]n(-c2ccccc2)c1=O. The van der Waals surface area contributed by atoms with Gasteiger partial charge in [-0.15, -0.1) is 0 Å². The molecule has 6 rings (SSSR count). The van der Waals surface area contributed by atoms with Crippen molar-refractivity contribution in [1.29, 1.82) is 0 Å². The maximum Gasteiger partial charge on any atom is 0.343 e. The summed E-state index contributed by atoms with van der Waals surface area (Å²) in [7, 11) is 0. The number of hydrogen-bond acceptors (Lipinski definition) is 4. The van der Waals surface area contributed by atoms with E-state index in [4.69, 9.17) is 16.3 Å². The van der Waals surface area contributed by atoms with Crippen LogP contribution in [0.2, 0.25) is 5.02 Å². The van der Waals surface area contributed by atoms with Crippen LogP contribution in [0.4, 0.5) is 0 Å². The summed E-state index contributed by atoms with van der Waals surface area (Å²) in [5, 5.41) is 6.79. The second-order valence-electron chi connectivity index (χ2n) is 10.2. The van der Waals surface area contributed by atoms with E-state index in [-0.39, 0.29) is 16.9 Å². The van der Waals surface area contributed by atoms with Gasteiger partial charge in [0.25, 0.3) is 11.1 Å². The van der Waals surface area contributed by atoms with Gasteiger partial charge in [0.05, 0.1) is 28.1 Å². The summed E-state index contributed by atoms with van der Waals surface area (Å²) in [5.74, 6) is -1.10.